The molecule has 124 valence electrons. The number of phenolic OH excluding ortho intramolecular Hbond substituents is 1. The minimum Gasteiger partial charge on any atom is -0.503 e. The van der Waals surface area contributed by atoms with Crippen molar-refractivity contribution >= 4 is 28.0 Å². The first-order chi connectivity index (χ1) is 10.9. The van der Waals surface area contributed by atoms with Crippen LogP contribution in [0.2, 0.25) is 0 Å². The summed E-state index contributed by atoms with van der Waals surface area (Å²) in [6, 6.07) is 4.92. The van der Waals surface area contributed by atoms with E-state index in [-0.39, 0.29) is 23.7 Å². The highest BCUT2D eigenvalue weighted by Crippen LogP contribution is 2.36. The molecule has 1 aromatic carbocycles. The monoisotopic (exact) mass is 383 g/mol. The van der Waals surface area contributed by atoms with Crippen LogP contribution in [0.3, 0.4) is 0 Å². The molecule has 0 saturated carbocycles. The number of nitrogens with zero attached hydrogens (tertiary/aromatic N) is 1. The van der Waals surface area contributed by atoms with Gasteiger partial charge in [0.2, 0.25) is 0 Å². The van der Waals surface area contributed by atoms with Gasteiger partial charge in [-0.05, 0) is 53.5 Å². The lowest BCUT2D eigenvalue weighted by Gasteiger charge is -2.12. The van der Waals surface area contributed by atoms with Crippen LogP contribution in [0.25, 0.3) is 6.08 Å². The van der Waals surface area contributed by atoms with Crippen LogP contribution in [-0.4, -0.2) is 37.5 Å². The maximum atomic E-state index is 12.0. The average molecular weight is 384 g/mol. The molecule has 0 heterocycles. The van der Waals surface area contributed by atoms with Crippen LogP contribution in [-0.2, 0) is 14.3 Å². The number of nitriles is 1. The highest BCUT2D eigenvalue weighted by molar-refractivity contribution is 9.10. The smallest absolute Gasteiger partial charge is 0.349 e. The van der Waals surface area contributed by atoms with E-state index in [0.29, 0.717) is 16.6 Å². The molecule has 0 aliphatic rings. The minimum absolute atomic E-state index is 0.0428. The molecule has 23 heavy (non-hydrogen) atoms. The lowest BCUT2D eigenvalue weighted by atomic mass is 10.1. The topological polar surface area (TPSA) is 88.8 Å². The van der Waals surface area contributed by atoms with Crippen LogP contribution >= 0.6 is 15.9 Å². The lowest BCUT2D eigenvalue weighted by Crippen LogP contribution is -2.20. The number of benzene rings is 1. The summed E-state index contributed by atoms with van der Waals surface area (Å²) in [5.41, 5.74) is 0.360. The number of phenols is 1. The molecular weight excluding hydrogens is 366 g/mol. The number of rotatable bonds is 7. The van der Waals surface area contributed by atoms with Gasteiger partial charge in [-0.1, -0.05) is 0 Å². The van der Waals surface area contributed by atoms with Gasteiger partial charge >= 0.3 is 5.97 Å². The fraction of sp³-hybridized carbons (Fsp3) is 0.375. The van der Waals surface area contributed by atoms with Crippen molar-refractivity contribution < 1.29 is 24.1 Å². The van der Waals surface area contributed by atoms with Crippen LogP contribution in [0.1, 0.15) is 19.4 Å². The number of aromatic hydroxyl groups is 1. The maximum absolute atomic E-state index is 12.0. The third-order valence-corrected chi connectivity index (χ3v) is 3.32. The minimum atomic E-state index is -0.737. The Morgan fingerprint density at radius 1 is 1.52 bits per heavy atom. The number of hydrogen-bond acceptors (Lipinski definition) is 6. The molecule has 0 spiro atoms. The third-order valence-electron chi connectivity index (χ3n) is 2.71. The number of methoxy groups -OCH3 is 1. The predicted octanol–water partition coefficient (Wildman–Crippen LogP) is 3.04. The summed E-state index contributed by atoms with van der Waals surface area (Å²) in [7, 11) is 1.49. The largest absolute Gasteiger partial charge is 0.503 e. The molecule has 0 aromatic heterocycles. The number of ether oxygens (including phenoxy) is 3. The summed E-state index contributed by atoms with van der Waals surface area (Å²) in [6.07, 6.45) is 0.906. The summed E-state index contributed by atoms with van der Waals surface area (Å²) in [6.45, 7) is 4.06. The Bertz CT molecular complexity index is 636. The highest BCUT2D eigenvalue weighted by Gasteiger charge is 2.16. The van der Waals surface area contributed by atoms with E-state index < -0.39 is 12.1 Å². The van der Waals surface area contributed by atoms with Crippen LogP contribution in [0.5, 0.6) is 11.5 Å². The number of hydrogen-bond donors (Lipinski definition) is 1. The van der Waals surface area contributed by atoms with Crippen molar-refractivity contribution in [3.8, 4) is 17.6 Å². The first-order valence-corrected chi connectivity index (χ1v) is 7.69. The van der Waals surface area contributed by atoms with Gasteiger partial charge in [0, 0.05) is 7.11 Å². The molecular formula is C16H18BrNO5. The Morgan fingerprint density at radius 2 is 2.22 bits per heavy atom. The number of carbonyl (C=O) groups is 1. The van der Waals surface area contributed by atoms with Gasteiger partial charge in [0.15, 0.2) is 11.5 Å². The predicted molar refractivity (Wildman–Crippen MR) is 88.0 cm³/mol. The first kappa shape index (κ1) is 19.0. The third kappa shape index (κ3) is 5.58. The zero-order valence-corrected chi connectivity index (χ0v) is 14.7. The molecule has 0 radical (unpaired) electrons. The van der Waals surface area contributed by atoms with E-state index in [4.69, 9.17) is 19.5 Å². The fourth-order valence-corrected chi connectivity index (χ4v) is 2.22. The SMILES string of the molecule is CCOc1cc(/C=C(/C#N)C(=O)O[C@H](C)COC)cc(Br)c1O. The van der Waals surface area contributed by atoms with E-state index in [1.807, 2.05) is 6.07 Å². The normalized spacial score (nSPS) is 12.4. The maximum Gasteiger partial charge on any atom is 0.349 e. The van der Waals surface area contributed by atoms with E-state index in [1.54, 1.807) is 19.9 Å². The molecule has 0 fully saturated rings. The van der Waals surface area contributed by atoms with Gasteiger partial charge in [0.1, 0.15) is 17.7 Å². The quantitative estimate of drug-likeness (QED) is 0.442. The van der Waals surface area contributed by atoms with Crippen molar-refractivity contribution in [1.29, 1.82) is 5.26 Å². The summed E-state index contributed by atoms with van der Waals surface area (Å²) >= 11 is 3.20. The van der Waals surface area contributed by atoms with E-state index in [0.717, 1.165) is 0 Å². The van der Waals surface area contributed by atoms with Gasteiger partial charge in [-0.3, -0.25) is 0 Å². The average Bonchev–Trinajstić information content (AvgIpc) is 2.49. The van der Waals surface area contributed by atoms with Crippen molar-refractivity contribution in [1.82, 2.24) is 0 Å². The van der Waals surface area contributed by atoms with Gasteiger partial charge in [0.25, 0.3) is 0 Å². The molecule has 1 N–H and O–H groups in total. The Balaban J connectivity index is 3.07. The van der Waals surface area contributed by atoms with Gasteiger partial charge in [-0.25, -0.2) is 4.79 Å². The molecule has 0 amide bonds. The molecule has 0 saturated heterocycles. The number of esters is 1. The highest BCUT2D eigenvalue weighted by atomic mass is 79.9. The molecule has 0 bridgehead atoms. The van der Waals surface area contributed by atoms with Crippen LogP contribution in [0, 0.1) is 11.3 Å². The van der Waals surface area contributed by atoms with E-state index >= 15 is 0 Å². The van der Waals surface area contributed by atoms with Crippen molar-refractivity contribution in [2.24, 2.45) is 0 Å². The number of carbonyl (C=O) groups excluding carboxylic acids is 1. The number of halogens is 1. The summed E-state index contributed by atoms with van der Waals surface area (Å²) in [5.74, 6) is -0.524. The molecule has 1 atom stereocenters. The molecule has 1 rings (SSSR count). The second kappa shape index (κ2) is 9.18. The Morgan fingerprint density at radius 3 is 2.78 bits per heavy atom. The van der Waals surface area contributed by atoms with E-state index in [2.05, 4.69) is 15.9 Å². The lowest BCUT2D eigenvalue weighted by molar-refractivity contribution is -0.145. The standard InChI is InChI=1S/C16H18BrNO5/c1-4-22-14-7-11(6-13(17)15(14)19)5-12(8-18)16(20)23-10(2)9-21-3/h5-7,10,19H,4,9H2,1-3H3/b12-5-/t10-/m1/s1. The Hall–Kier alpha value is -2.04. The van der Waals surface area contributed by atoms with Crippen molar-refractivity contribution in [2.75, 3.05) is 20.3 Å². The van der Waals surface area contributed by atoms with Crippen molar-refractivity contribution in [3.63, 3.8) is 0 Å². The van der Waals surface area contributed by atoms with Gasteiger partial charge in [0.05, 0.1) is 17.7 Å². The van der Waals surface area contributed by atoms with Crippen molar-refractivity contribution in [3.05, 3.63) is 27.7 Å². The van der Waals surface area contributed by atoms with Gasteiger partial charge < -0.3 is 19.3 Å². The van der Waals surface area contributed by atoms with Gasteiger partial charge in [-0.2, -0.15) is 5.26 Å². The van der Waals surface area contributed by atoms with E-state index in [9.17, 15) is 9.90 Å². The van der Waals surface area contributed by atoms with Crippen LogP contribution in [0.15, 0.2) is 22.2 Å². The summed E-state index contributed by atoms with van der Waals surface area (Å²) in [5, 5.41) is 19.0. The summed E-state index contributed by atoms with van der Waals surface area (Å²) < 4.78 is 15.7. The second-order valence-corrected chi connectivity index (χ2v) is 5.48. The zero-order valence-electron chi connectivity index (χ0n) is 13.1. The first-order valence-electron chi connectivity index (χ1n) is 6.89. The van der Waals surface area contributed by atoms with Gasteiger partial charge in [-0.15, -0.1) is 0 Å². The molecule has 0 unspecified atom stereocenters. The molecule has 0 aliphatic heterocycles. The van der Waals surface area contributed by atoms with Crippen molar-refractivity contribution in [2.45, 2.75) is 20.0 Å². The second-order valence-electron chi connectivity index (χ2n) is 4.62. The molecule has 0 aliphatic carbocycles. The molecule has 1 aromatic rings. The molecule has 7 heteroatoms. The Labute approximate surface area is 143 Å². The summed E-state index contributed by atoms with van der Waals surface area (Å²) in [4.78, 5) is 12.0. The molecule has 6 nitrogen and oxygen atoms in total. The van der Waals surface area contributed by atoms with Crippen LogP contribution < -0.4 is 4.74 Å². The fourth-order valence-electron chi connectivity index (χ4n) is 1.76. The van der Waals surface area contributed by atoms with E-state index in [1.165, 1.54) is 19.3 Å². The zero-order chi connectivity index (χ0) is 17.4. The Kier molecular flexibility index (Phi) is 7.59. The van der Waals surface area contributed by atoms with Crippen LogP contribution in [0.4, 0.5) is 0 Å².